The van der Waals surface area contributed by atoms with Crippen LogP contribution < -0.4 is 0 Å². The summed E-state index contributed by atoms with van der Waals surface area (Å²) in [5.74, 6) is 1.13. The molecule has 0 rings (SSSR count). The van der Waals surface area contributed by atoms with Gasteiger partial charge in [-0.25, -0.2) is 0 Å². The highest BCUT2D eigenvalue weighted by atomic mass is 16.5. The van der Waals surface area contributed by atoms with Crippen LogP contribution in [-0.4, -0.2) is 5.97 Å². The van der Waals surface area contributed by atoms with E-state index in [0.717, 1.165) is 18.4 Å². The summed E-state index contributed by atoms with van der Waals surface area (Å²) < 4.78 is 5.25. The molecule has 0 unspecified atom stereocenters. The van der Waals surface area contributed by atoms with Crippen molar-refractivity contribution in [3.63, 3.8) is 0 Å². The molecule has 0 bridgehead atoms. The van der Waals surface area contributed by atoms with E-state index in [4.69, 9.17) is 4.74 Å². The fraction of sp³-hybridized carbons (Fsp3) is 0.562. The van der Waals surface area contributed by atoms with Crippen molar-refractivity contribution in [3.05, 3.63) is 36.1 Å². The molecule has 0 amide bonds. The lowest BCUT2D eigenvalue weighted by Crippen LogP contribution is -2.03. The molecule has 2 nitrogen and oxygen atoms in total. The van der Waals surface area contributed by atoms with Crippen molar-refractivity contribution in [2.45, 2.75) is 53.4 Å². The van der Waals surface area contributed by atoms with Gasteiger partial charge in [-0.05, 0) is 38.3 Å². The van der Waals surface area contributed by atoms with Crippen LogP contribution in [0.4, 0.5) is 0 Å². The number of hydrogen-bond donors (Lipinski definition) is 0. The van der Waals surface area contributed by atoms with E-state index >= 15 is 0 Å². The van der Waals surface area contributed by atoms with Gasteiger partial charge in [-0.1, -0.05) is 44.9 Å². The summed E-state index contributed by atoms with van der Waals surface area (Å²) in [6.45, 7) is 11.9. The monoisotopic (exact) mass is 250 g/mol. The summed E-state index contributed by atoms with van der Waals surface area (Å²) in [6, 6.07) is 0. The Morgan fingerprint density at radius 2 is 1.94 bits per heavy atom. The second-order valence-electron chi connectivity index (χ2n) is 4.98. The Morgan fingerprint density at radius 1 is 1.28 bits per heavy atom. The zero-order valence-corrected chi connectivity index (χ0v) is 12.2. The Morgan fingerprint density at radius 3 is 2.44 bits per heavy atom. The number of carbonyl (C=O) groups excluding carboxylic acids is 1. The third-order valence-electron chi connectivity index (χ3n) is 2.46. The molecule has 0 aromatic heterocycles. The first-order chi connectivity index (χ1) is 8.45. The SMILES string of the molecule is C=C(C)C=CC(=CC)OC(=O)CCCCC(C)C. The van der Waals surface area contributed by atoms with Crippen molar-refractivity contribution in [1.29, 1.82) is 0 Å². The first-order valence-electron chi connectivity index (χ1n) is 6.66. The summed E-state index contributed by atoms with van der Waals surface area (Å²) in [6.07, 6.45) is 9.03. The Bertz CT molecular complexity index is 322. The number of rotatable bonds is 8. The van der Waals surface area contributed by atoms with Crippen LogP contribution in [0, 0.1) is 5.92 Å². The van der Waals surface area contributed by atoms with E-state index in [9.17, 15) is 4.79 Å². The second-order valence-corrected chi connectivity index (χ2v) is 4.98. The normalized spacial score (nSPS) is 12.2. The molecule has 0 fully saturated rings. The lowest BCUT2D eigenvalue weighted by Gasteiger charge is -2.06. The summed E-state index contributed by atoms with van der Waals surface area (Å²) in [5.41, 5.74) is 0.933. The molecule has 0 aliphatic rings. The quantitative estimate of drug-likeness (QED) is 0.268. The van der Waals surface area contributed by atoms with Crippen molar-refractivity contribution in [2.75, 3.05) is 0 Å². The van der Waals surface area contributed by atoms with Crippen molar-refractivity contribution in [1.82, 2.24) is 0 Å². The topological polar surface area (TPSA) is 26.3 Å². The van der Waals surface area contributed by atoms with Gasteiger partial charge in [-0.2, -0.15) is 0 Å². The van der Waals surface area contributed by atoms with E-state index in [1.165, 1.54) is 6.42 Å². The van der Waals surface area contributed by atoms with E-state index < -0.39 is 0 Å². The molecule has 0 spiro atoms. The minimum Gasteiger partial charge on any atom is -0.427 e. The van der Waals surface area contributed by atoms with Gasteiger partial charge in [0.1, 0.15) is 5.76 Å². The largest absolute Gasteiger partial charge is 0.427 e. The predicted molar refractivity (Wildman–Crippen MR) is 77.1 cm³/mol. The maximum Gasteiger partial charge on any atom is 0.311 e. The summed E-state index contributed by atoms with van der Waals surface area (Å²) >= 11 is 0. The summed E-state index contributed by atoms with van der Waals surface area (Å²) in [4.78, 5) is 11.6. The van der Waals surface area contributed by atoms with Crippen LogP contribution >= 0.6 is 0 Å². The third-order valence-corrected chi connectivity index (χ3v) is 2.46. The van der Waals surface area contributed by atoms with Crippen LogP contribution in [0.1, 0.15) is 53.4 Å². The van der Waals surface area contributed by atoms with Crippen molar-refractivity contribution >= 4 is 5.97 Å². The van der Waals surface area contributed by atoms with Crippen LogP contribution in [0.2, 0.25) is 0 Å². The Hall–Kier alpha value is -1.31. The molecule has 0 aliphatic carbocycles. The number of unbranched alkanes of at least 4 members (excludes halogenated alkanes) is 1. The van der Waals surface area contributed by atoms with Crippen molar-refractivity contribution < 1.29 is 9.53 Å². The molecule has 0 saturated carbocycles. The van der Waals surface area contributed by atoms with Crippen LogP contribution in [0.15, 0.2) is 36.1 Å². The highest BCUT2D eigenvalue weighted by Crippen LogP contribution is 2.10. The minimum atomic E-state index is -0.154. The molecule has 2 heteroatoms. The van der Waals surface area contributed by atoms with Gasteiger partial charge in [-0.3, -0.25) is 4.79 Å². The van der Waals surface area contributed by atoms with Gasteiger partial charge in [-0.15, -0.1) is 0 Å². The number of carbonyl (C=O) groups is 1. The zero-order valence-electron chi connectivity index (χ0n) is 12.2. The molecular formula is C16H26O2. The molecule has 0 aromatic rings. The van der Waals surface area contributed by atoms with Crippen molar-refractivity contribution in [2.24, 2.45) is 5.92 Å². The van der Waals surface area contributed by atoms with Crippen LogP contribution in [0.5, 0.6) is 0 Å². The number of ether oxygens (including phenoxy) is 1. The summed E-state index contributed by atoms with van der Waals surface area (Å²) in [5, 5.41) is 0. The van der Waals surface area contributed by atoms with E-state index in [1.807, 2.05) is 19.9 Å². The molecule has 0 radical (unpaired) electrons. The number of esters is 1. The molecule has 0 saturated heterocycles. The first kappa shape index (κ1) is 16.7. The van der Waals surface area contributed by atoms with Gasteiger partial charge in [0.25, 0.3) is 0 Å². The fourth-order valence-electron chi connectivity index (χ4n) is 1.42. The van der Waals surface area contributed by atoms with E-state index in [1.54, 1.807) is 12.2 Å². The smallest absolute Gasteiger partial charge is 0.311 e. The lowest BCUT2D eigenvalue weighted by atomic mass is 10.1. The molecular weight excluding hydrogens is 224 g/mol. The second kappa shape index (κ2) is 9.69. The molecule has 0 aliphatic heterocycles. The average Bonchev–Trinajstić information content (AvgIpc) is 2.29. The number of allylic oxidation sites excluding steroid dienone is 4. The van der Waals surface area contributed by atoms with Gasteiger partial charge in [0.15, 0.2) is 0 Å². The van der Waals surface area contributed by atoms with Gasteiger partial charge in [0, 0.05) is 6.42 Å². The minimum absolute atomic E-state index is 0.154. The van der Waals surface area contributed by atoms with Crippen LogP contribution in [0.25, 0.3) is 0 Å². The summed E-state index contributed by atoms with van der Waals surface area (Å²) in [7, 11) is 0. The van der Waals surface area contributed by atoms with E-state index in [2.05, 4.69) is 20.4 Å². The molecule has 0 aromatic carbocycles. The Labute approximate surface area is 111 Å². The maximum absolute atomic E-state index is 11.6. The third kappa shape index (κ3) is 9.88. The Balaban J connectivity index is 3.95. The van der Waals surface area contributed by atoms with Crippen LogP contribution in [0.3, 0.4) is 0 Å². The molecule has 0 N–H and O–H groups in total. The Kier molecular flexibility index (Phi) is 8.99. The lowest BCUT2D eigenvalue weighted by molar-refractivity contribution is -0.139. The van der Waals surface area contributed by atoms with Gasteiger partial charge in [0.2, 0.25) is 0 Å². The molecule has 102 valence electrons. The fourth-order valence-corrected chi connectivity index (χ4v) is 1.42. The first-order valence-corrected chi connectivity index (χ1v) is 6.66. The van der Waals surface area contributed by atoms with E-state index in [-0.39, 0.29) is 5.97 Å². The van der Waals surface area contributed by atoms with Gasteiger partial charge in [0.05, 0.1) is 0 Å². The highest BCUT2D eigenvalue weighted by molar-refractivity contribution is 5.70. The zero-order chi connectivity index (χ0) is 14.0. The maximum atomic E-state index is 11.6. The average molecular weight is 250 g/mol. The standard InChI is InChI=1S/C16H26O2/c1-6-15(12-11-14(4)5)18-16(17)10-8-7-9-13(2)3/h6,11-13H,4,7-10H2,1-3,5H3. The molecule has 0 atom stereocenters. The van der Waals surface area contributed by atoms with Crippen molar-refractivity contribution in [3.8, 4) is 0 Å². The molecule has 18 heavy (non-hydrogen) atoms. The predicted octanol–water partition coefficient (Wildman–Crippen LogP) is 4.78. The van der Waals surface area contributed by atoms with Crippen LogP contribution in [-0.2, 0) is 9.53 Å². The van der Waals surface area contributed by atoms with Gasteiger partial charge >= 0.3 is 5.97 Å². The highest BCUT2D eigenvalue weighted by Gasteiger charge is 2.05. The molecule has 0 heterocycles. The van der Waals surface area contributed by atoms with Gasteiger partial charge < -0.3 is 4.74 Å². The number of hydrogen-bond acceptors (Lipinski definition) is 2. The van der Waals surface area contributed by atoms with E-state index in [0.29, 0.717) is 18.1 Å².